The number of Topliss-reactive ketones (excluding diaryl/α,β-unsaturated/α-hetero) is 1. The zero-order chi connectivity index (χ0) is 10.6. The van der Waals surface area contributed by atoms with Gasteiger partial charge < -0.3 is 4.74 Å². The molecule has 2 nitrogen and oxygen atoms in total. The van der Waals surface area contributed by atoms with Crippen molar-refractivity contribution < 1.29 is 9.53 Å². The Morgan fingerprint density at radius 2 is 2.29 bits per heavy atom. The van der Waals surface area contributed by atoms with E-state index in [1.54, 1.807) is 25.1 Å². The molecule has 0 unspecified atom stereocenters. The predicted molar refractivity (Wildman–Crippen MR) is 60.3 cm³/mol. The first-order valence-electron chi connectivity index (χ1n) is 4.33. The second-order valence-corrected chi connectivity index (χ2v) is 3.73. The van der Waals surface area contributed by atoms with Crippen molar-refractivity contribution >= 4 is 35.0 Å². The first kappa shape index (κ1) is 11.3. The third-order valence-electron chi connectivity index (χ3n) is 1.74. The van der Waals surface area contributed by atoms with Gasteiger partial charge in [-0.3, -0.25) is 4.79 Å². The van der Waals surface area contributed by atoms with Gasteiger partial charge in [-0.2, -0.15) is 0 Å². The van der Waals surface area contributed by atoms with Crippen LogP contribution >= 0.6 is 15.9 Å². The fourth-order valence-electron chi connectivity index (χ4n) is 0.891. The van der Waals surface area contributed by atoms with E-state index in [1.165, 1.54) is 0 Å². The minimum absolute atomic E-state index is 0.0688. The molecule has 0 amide bonds. The Morgan fingerprint density at radius 1 is 1.57 bits per heavy atom. The largest absolute Gasteiger partial charge is 0.485 e. The number of carbonyl (C=O) groups is 1. The smallest absolute Gasteiger partial charge is 0.169 e. The fourth-order valence-corrected chi connectivity index (χ4v) is 1.25. The molecule has 4 heteroatoms. The van der Waals surface area contributed by atoms with Crippen molar-refractivity contribution in [1.29, 1.82) is 0 Å². The lowest BCUT2D eigenvalue weighted by atomic mass is 9.96. The number of rotatable bonds is 4. The molecule has 0 N–H and O–H groups in total. The Labute approximate surface area is 93.2 Å². The SMILES string of the molecule is [B]c1ccc(Br)c(OCC(=O)CC)c1. The van der Waals surface area contributed by atoms with Crippen LogP contribution in [0.25, 0.3) is 0 Å². The van der Waals surface area contributed by atoms with Crippen LogP contribution in [-0.2, 0) is 4.79 Å². The minimum atomic E-state index is 0.0688. The van der Waals surface area contributed by atoms with Crippen LogP contribution in [0.3, 0.4) is 0 Å². The highest BCUT2D eigenvalue weighted by atomic mass is 79.9. The van der Waals surface area contributed by atoms with Gasteiger partial charge >= 0.3 is 0 Å². The number of ether oxygens (including phenoxy) is 1. The van der Waals surface area contributed by atoms with E-state index < -0.39 is 0 Å². The van der Waals surface area contributed by atoms with E-state index in [0.717, 1.165) is 4.47 Å². The van der Waals surface area contributed by atoms with E-state index in [-0.39, 0.29) is 12.4 Å². The lowest BCUT2D eigenvalue weighted by Crippen LogP contribution is -2.11. The maximum absolute atomic E-state index is 11.0. The topological polar surface area (TPSA) is 26.3 Å². The summed E-state index contributed by atoms with van der Waals surface area (Å²) in [6.07, 6.45) is 0.486. The van der Waals surface area contributed by atoms with Gasteiger partial charge in [0.25, 0.3) is 0 Å². The van der Waals surface area contributed by atoms with Gasteiger partial charge in [0.2, 0.25) is 0 Å². The van der Waals surface area contributed by atoms with Crippen LogP contribution in [0.2, 0.25) is 0 Å². The molecule has 0 fully saturated rings. The molecule has 72 valence electrons. The Kier molecular flexibility index (Phi) is 4.20. The summed E-state index contributed by atoms with van der Waals surface area (Å²) in [7, 11) is 5.58. The van der Waals surface area contributed by atoms with Crippen molar-refractivity contribution in [3.05, 3.63) is 22.7 Å². The summed E-state index contributed by atoms with van der Waals surface area (Å²) in [4.78, 5) is 11.0. The second kappa shape index (κ2) is 5.20. The van der Waals surface area contributed by atoms with E-state index >= 15 is 0 Å². The van der Waals surface area contributed by atoms with Crippen molar-refractivity contribution in [2.75, 3.05) is 6.61 Å². The van der Waals surface area contributed by atoms with Gasteiger partial charge in [-0.15, -0.1) is 0 Å². The maximum Gasteiger partial charge on any atom is 0.169 e. The summed E-state index contributed by atoms with van der Waals surface area (Å²) < 4.78 is 6.10. The molecule has 0 saturated heterocycles. The van der Waals surface area contributed by atoms with Gasteiger partial charge in [0.15, 0.2) is 5.78 Å². The van der Waals surface area contributed by atoms with Crippen LogP contribution in [0.5, 0.6) is 5.75 Å². The molecule has 0 aliphatic heterocycles. The zero-order valence-corrected chi connectivity index (χ0v) is 9.50. The molecular weight excluding hydrogens is 243 g/mol. The summed E-state index contributed by atoms with van der Waals surface area (Å²) in [5, 5.41) is 0. The van der Waals surface area contributed by atoms with E-state index in [4.69, 9.17) is 12.6 Å². The highest BCUT2D eigenvalue weighted by molar-refractivity contribution is 9.10. The number of carbonyl (C=O) groups excluding carboxylic acids is 1. The van der Waals surface area contributed by atoms with Crippen LogP contribution in [0.15, 0.2) is 22.7 Å². The minimum Gasteiger partial charge on any atom is -0.485 e. The van der Waals surface area contributed by atoms with E-state index in [0.29, 0.717) is 17.6 Å². The lowest BCUT2D eigenvalue weighted by molar-refractivity contribution is -0.120. The molecule has 2 radical (unpaired) electrons. The average molecular weight is 253 g/mol. The molecule has 0 aromatic heterocycles. The molecule has 0 aliphatic carbocycles. The third-order valence-corrected chi connectivity index (χ3v) is 2.39. The number of ketones is 1. The Bertz CT molecular complexity index is 339. The van der Waals surface area contributed by atoms with Gasteiger partial charge in [0.1, 0.15) is 20.2 Å². The quantitative estimate of drug-likeness (QED) is 0.761. The van der Waals surface area contributed by atoms with Crippen molar-refractivity contribution in [1.82, 2.24) is 0 Å². The number of benzene rings is 1. The monoisotopic (exact) mass is 252 g/mol. The normalized spacial score (nSPS) is 9.86. The standard InChI is InChI=1S/C10H10BBrO2/c1-2-8(13)6-14-10-5-7(11)3-4-9(10)12/h3-5H,2,6H2,1H3. The van der Waals surface area contributed by atoms with Crippen LogP contribution in [0, 0.1) is 0 Å². The van der Waals surface area contributed by atoms with Crippen LogP contribution in [0.1, 0.15) is 13.3 Å². The summed E-state index contributed by atoms with van der Waals surface area (Å²) in [6, 6.07) is 5.24. The van der Waals surface area contributed by atoms with Gasteiger partial charge in [0.05, 0.1) is 4.47 Å². The van der Waals surface area contributed by atoms with E-state index in [2.05, 4.69) is 15.9 Å². The van der Waals surface area contributed by atoms with Crippen molar-refractivity contribution in [3.63, 3.8) is 0 Å². The molecule has 0 aliphatic rings. The number of hydrogen-bond acceptors (Lipinski definition) is 2. The molecule has 1 aromatic carbocycles. The summed E-state index contributed by atoms with van der Waals surface area (Å²) in [5.41, 5.74) is 0.618. The van der Waals surface area contributed by atoms with Crippen molar-refractivity contribution in [3.8, 4) is 5.75 Å². The maximum atomic E-state index is 11.0. The summed E-state index contributed by atoms with van der Waals surface area (Å²) in [5.74, 6) is 0.672. The zero-order valence-electron chi connectivity index (χ0n) is 7.92. The molecule has 14 heavy (non-hydrogen) atoms. The second-order valence-electron chi connectivity index (χ2n) is 2.87. The summed E-state index contributed by atoms with van der Waals surface area (Å²) >= 11 is 3.31. The molecule has 1 aromatic rings. The van der Waals surface area contributed by atoms with E-state index in [1.807, 2.05) is 0 Å². The first-order valence-corrected chi connectivity index (χ1v) is 5.12. The van der Waals surface area contributed by atoms with Gasteiger partial charge in [-0.25, -0.2) is 0 Å². The molecule has 0 heterocycles. The van der Waals surface area contributed by atoms with Crippen LogP contribution in [-0.4, -0.2) is 20.2 Å². The lowest BCUT2D eigenvalue weighted by Gasteiger charge is -2.07. The highest BCUT2D eigenvalue weighted by Gasteiger charge is 2.03. The average Bonchev–Trinajstić information content (AvgIpc) is 2.19. The Morgan fingerprint density at radius 3 is 2.93 bits per heavy atom. The van der Waals surface area contributed by atoms with Gasteiger partial charge in [-0.1, -0.05) is 18.5 Å². The van der Waals surface area contributed by atoms with Gasteiger partial charge in [0, 0.05) is 6.42 Å². The Hall–Kier alpha value is -0.765. The Balaban J connectivity index is 2.66. The number of halogens is 1. The molecule has 0 spiro atoms. The van der Waals surface area contributed by atoms with Crippen LogP contribution in [0.4, 0.5) is 0 Å². The molecule has 1 rings (SSSR count). The summed E-state index contributed by atoms with van der Waals surface area (Å²) in [6.45, 7) is 1.90. The molecule has 0 atom stereocenters. The van der Waals surface area contributed by atoms with Crippen molar-refractivity contribution in [2.45, 2.75) is 13.3 Å². The van der Waals surface area contributed by atoms with Gasteiger partial charge in [-0.05, 0) is 28.1 Å². The number of hydrogen-bond donors (Lipinski definition) is 0. The predicted octanol–water partition coefficient (Wildman–Crippen LogP) is 1.60. The molecular formula is C10H10BBrO2. The molecule has 0 saturated carbocycles. The van der Waals surface area contributed by atoms with Crippen molar-refractivity contribution in [2.24, 2.45) is 0 Å². The first-order chi connectivity index (χ1) is 6.63. The third kappa shape index (κ3) is 3.18. The fraction of sp³-hybridized carbons (Fsp3) is 0.300. The van der Waals surface area contributed by atoms with Crippen LogP contribution < -0.4 is 10.2 Å². The molecule has 0 bridgehead atoms. The van der Waals surface area contributed by atoms with E-state index in [9.17, 15) is 4.79 Å². The highest BCUT2D eigenvalue weighted by Crippen LogP contribution is 2.22.